The molecule has 29 heavy (non-hydrogen) atoms. The lowest BCUT2D eigenvalue weighted by atomic mass is 10.1. The van der Waals surface area contributed by atoms with Crippen LogP contribution in [0.5, 0.6) is 17.2 Å². The van der Waals surface area contributed by atoms with Crippen molar-refractivity contribution in [3.63, 3.8) is 0 Å². The number of carbonyl (C=O) groups excluding carboxylic acids is 1. The summed E-state index contributed by atoms with van der Waals surface area (Å²) in [4.78, 5) is 16.9. The van der Waals surface area contributed by atoms with E-state index in [2.05, 4.69) is 10.3 Å². The number of nitrogens with one attached hydrogen (secondary N) is 1. The Morgan fingerprint density at radius 1 is 1.28 bits per heavy atom. The topological polar surface area (TPSA) is 69.7 Å². The number of ether oxygens (including phenoxy) is 3. The van der Waals surface area contributed by atoms with Crippen LogP contribution in [0.1, 0.15) is 26.6 Å². The molecule has 4 rings (SSSR count). The van der Waals surface area contributed by atoms with Crippen LogP contribution in [0.4, 0.5) is 0 Å². The lowest BCUT2D eigenvalue weighted by molar-refractivity contribution is 0.0950. The molecule has 1 aromatic heterocycles. The number of halogens is 1. The lowest BCUT2D eigenvalue weighted by Gasteiger charge is -2.20. The Labute approximate surface area is 177 Å². The SMILES string of the molecule is Cc1nc(COc2cccc(C(=O)NCc3cc(Cl)c4c(c3)OCCO4)c2)cs1. The van der Waals surface area contributed by atoms with E-state index in [1.807, 2.05) is 24.4 Å². The van der Waals surface area contributed by atoms with Gasteiger partial charge in [-0.05, 0) is 42.8 Å². The summed E-state index contributed by atoms with van der Waals surface area (Å²) in [5, 5.41) is 6.32. The molecule has 0 atom stereocenters. The molecule has 1 amide bonds. The summed E-state index contributed by atoms with van der Waals surface area (Å²) < 4.78 is 16.8. The van der Waals surface area contributed by atoms with Crippen molar-refractivity contribution in [3.8, 4) is 17.2 Å². The van der Waals surface area contributed by atoms with Crippen LogP contribution >= 0.6 is 22.9 Å². The second-order valence-electron chi connectivity index (χ2n) is 6.46. The normalized spacial score (nSPS) is 12.5. The van der Waals surface area contributed by atoms with Gasteiger partial charge in [0.25, 0.3) is 5.91 Å². The van der Waals surface area contributed by atoms with Crippen LogP contribution < -0.4 is 19.5 Å². The Kier molecular flexibility index (Phi) is 5.87. The van der Waals surface area contributed by atoms with Crippen molar-refractivity contribution in [2.24, 2.45) is 0 Å². The first-order valence-corrected chi connectivity index (χ1v) is 10.3. The largest absolute Gasteiger partial charge is 0.487 e. The van der Waals surface area contributed by atoms with Gasteiger partial charge >= 0.3 is 0 Å². The molecule has 0 saturated carbocycles. The number of fused-ring (bicyclic) bond motifs is 1. The molecule has 0 radical (unpaired) electrons. The van der Waals surface area contributed by atoms with Gasteiger partial charge in [0, 0.05) is 17.5 Å². The van der Waals surface area contributed by atoms with E-state index in [1.165, 1.54) is 0 Å². The zero-order valence-electron chi connectivity index (χ0n) is 15.7. The van der Waals surface area contributed by atoms with Crippen molar-refractivity contribution in [2.75, 3.05) is 13.2 Å². The molecule has 0 saturated heterocycles. The van der Waals surface area contributed by atoms with Crippen molar-refractivity contribution >= 4 is 28.8 Å². The molecule has 0 aliphatic carbocycles. The highest BCUT2D eigenvalue weighted by molar-refractivity contribution is 7.09. The molecular weight excluding hydrogens is 412 g/mol. The van der Waals surface area contributed by atoms with Gasteiger partial charge in [-0.25, -0.2) is 4.98 Å². The zero-order valence-corrected chi connectivity index (χ0v) is 17.3. The second kappa shape index (κ2) is 8.71. The molecule has 0 bridgehead atoms. The quantitative estimate of drug-likeness (QED) is 0.628. The molecule has 2 aromatic carbocycles. The van der Waals surface area contributed by atoms with Gasteiger partial charge < -0.3 is 19.5 Å². The number of nitrogens with zero attached hydrogens (tertiary/aromatic N) is 1. The minimum absolute atomic E-state index is 0.203. The van der Waals surface area contributed by atoms with E-state index in [9.17, 15) is 4.79 Å². The number of rotatable bonds is 6. The van der Waals surface area contributed by atoms with Crippen LogP contribution in [-0.4, -0.2) is 24.1 Å². The predicted octanol–water partition coefficient (Wildman–Crippen LogP) is 4.39. The van der Waals surface area contributed by atoms with E-state index in [-0.39, 0.29) is 5.91 Å². The first kappa shape index (κ1) is 19.5. The Hall–Kier alpha value is -2.77. The molecule has 1 aliphatic rings. The maximum absolute atomic E-state index is 12.6. The van der Waals surface area contributed by atoms with Crippen LogP contribution in [0.2, 0.25) is 5.02 Å². The van der Waals surface area contributed by atoms with E-state index in [0.29, 0.717) is 54.2 Å². The molecular formula is C21H19ClN2O4S. The second-order valence-corrected chi connectivity index (χ2v) is 7.93. The van der Waals surface area contributed by atoms with Crippen LogP contribution in [0.25, 0.3) is 0 Å². The Bertz CT molecular complexity index is 1040. The van der Waals surface area contributed by atoms with E-state index < -0.39 is 0 Å². The molecule has 0 fully saturated rings. The highest BCUT2D eigenvalue weighted by Crippen LogP contribution is 2.38. The molecule has 1 N–H and O–H groups in total. The highest BCUT2D eigenvalue weighted by atomic mass is 35.5. The van der Waals surface area contributed by atoms with E-state index >= 15 is 0 Å². The third-order valence-corrected chi connectivity index (χ3v) is 5.36. The van der Waals surface area contributed by atoms with Crippen molar-refractivity contribution in [1.29, 1.82) is 0 Å². The first-order valence-electron chi connectivity index (χ1n) is 9.08. The van der Waals surface area contributed by atoms with Gasteiger partial charge in [-0.2, -0.15) is 0 Å². The molecule has 0 unspecified atom stereocenters. The van der Waals surface area contributed by atoms with Crippen molar-refractivity contribution in [1.82, 2.24) is 10.3 Å². The summed E-state index contributed by atoms with van der Waals surface area (Å²) in [6.07, 6.45) is 0. The van der Waals surface area contributed by atoms with Crippen molar-refractivity contribution in [2.45, 2.75) is 20.1 Å². The maximum Gasteiger partial charge on any atom is 0.251 e. The standard InChI is InChI=1S/C21H19ClN2O4S/c1-13-24-16(12-29-13)11-28-17-4-2-3-15(9-17)21(25)23-10-14-7-18(22)20-19(8-14)26-5-6-27-20/h2-4,7-9,12H,5-6,10-11H2,1H3,(H,23,25). The fourth-order valence-electron chi connectivity index (χ4n) is 2.91. The number of aryl methyl sites for hydroxylation is 1. The number of aromatic nitrogens is 1. The van der Waals surface area contributed by atoms with Crippen LogP contribution in [0.15, 0.2) is 41.8 Å². The predicted molar refractivity (Wildman–Crippen MR) is 111 cm³/mol. The summed E-state index contributed by atoms with van der Waals surface area (Å²) >= 11 is 7.83. The Morgan fingerprint density at radius 2 is 2.14 bits per heavy atom. The Morgan fingerprint density at radius 3 is 2.97 bits per heavy atom. The van der Waals surface area contributed by atoms with Gasteiger partial charge in [0.1, 0.15) is 25.6 Å². The first-order chi connectivity index (χ1) is 14.1. The molecule has 150 valence electrons. The van der Waals surface area contributed by atoms with Crippen LogP contribution in [-0.2, 0) is 13.2 Å². The number of benzene rings is 2. The van der Waals surface area contributed by atoms with Gasteiger partial charge in [-0.15, -0.1) is 11.3 Å². The summed E-state index contributed by atoms with van der Waals surface area (Å²) in [6.45, 7) is 3.59. The summed E-state index contributed by atoms with van der Waals surface area (Å²) in [5.41, 5.74) is 2.22. The molecule has 2 heterocycles. The number of carbonyl (C=O) groups is 1. The monoisotopic (exact) mass is 430 g/mol. The molecule has 1 aliphatic heterocycles. The number of hydrogen-bond donors (Lipinski definition) is 1. The third-order valence-electron chi connectivity index (χ3n) is 4.26. The van der Waals surface area contributed by atoms with Gasteiger partial charge in [-0.3, -0.25) is 4.79 Å². The minimum atomic E-state index is -0.203. The number of amides is 1. The van der Waals surface area contributed by atoms with Crippen LogP contribution in [0.3, 0.4) is 0 Å². The van der Waals surface area contributed by atoms with Gasteiger partial charge in [0.05, 0.1) is 15.7 Å². The smallest absolute Gasteiger partial charge is 0.251 e. The summed E-state index contributed by atoms with van der Waals surface area (Å²) in [6, 6.07) is 10.7. The van der Waals surface area contributed by atoms with E-state index in [4.69, 9.17) is 25.8 Å². The van der Waals surface area contributed by atoms with Crippen molar-refractivity contribution in [3.05, 3.63) is 68.6 Å². The minimum Gasteiger partial charge on any atom is -0.487 e. The number of hydrogen-bond acceptors (Lipinski definition) is 6. The molecule has 8 heteroatoms. The van der Waals surface area contributed by atoms with Gasteiger partial charge in [-0.1, -0.05) is 17.7 Å². The fraction of sp³-hybridized carbons (Fsp3) is 0.238. The van der Waals surface area contributed by atoms with Crippen LogP contribution in [0, 0.1) is 6.92 Å². The average Bonchev–Trinajstić information content (AvgIpc) is 3.16. The molecule has 3 aromatic rings. The van der Waals surface area contributed by atoms with Gasteiger partial charge in [0.15, 0.2) is 11.5 Å². The fourth-order valence-corrected chi connectivity index (χ4v) is 3.79. The Balaban J connectivity index is 1.38. The highest BCUT2D eigenvalue weighted by Gasteiger charge is 2.17. The molecule has 6 nitrogen and oxygen atoms in total. The average molecular weight is 431 g/mol. The molecule has 0 spiro atoms. The number of thiazole rings is 1. The van der Waals surface area contributed by atoms with Gasteiger partial charge in [0.2, 0.25) is 0 Å². The summed E-state index contributed by atoms with van der Waals surface area (Å²) in [5.74, 6) is 1.56. The summed E-state index contributed by atoms with van der Waals surface area (Å²) in [7, 11) is 0. The van der Waals surface area contributed by atoms with Crippen molar-refractivity contribution < 1.29 is 19.0 Å². The maximum atomic E-state index is 12.6. The third kappa shape index (κ3) is 4.81. The van der Waals surface area contributed by atoms with E-state index in [0.717, 1.165) is 16.3 Å². The lowest BCUT2D eigenvalue weighted by Crippen LogP contribution is -2.23. The van der Waals surface area contributed by atoms with E-state index in [1.54, 1.807) is 35.6 Å². The zero-order chi connectivity index (χ0) is 20.2.